The van der Waals surface area contributed by atoms with Crippen LogP contribution in [-0.4, -0.2) is 46.8 Å². The molecule has 2 amide bonds. The molecule has 2 aromatic rings. The topological polar surface area (TPSA) is 52.6 Å². The lowest BCUT2D eigenvalue weighted by molar-refractivity contribution is -0.138. The third kappa shape index (κ3) is 6.12. The van der Waals surface area contributed by atoms with Crippen molar-refractivity contribution in [3.8, 4) is 0 Å². The molecule has 7 heteroatoms. The Morgan fingerprint density at radius 3 is 2.33 bits per heavy atom. The fourth-order valence-corrected chi connectivity index (χ4v) is 4.59. The molecule has 0 radical (unpaired) electrons. The Morgan fingerprint density at radius 1 is 1.03 bits per heavy atom. The molecule has 3 atom stereocenters. The van der Waals surface area contributed by atoms with Gasteiger partial charge in [0.25, 0.3) is 0 Å². The molecule has 0 bridgehead atoms. The summed E-state index contributed by atoms with van der Waals surface area (Å²) in [6, 6.07) is 13.7. The van der Waals surface area contributed by atoms with Crippen LogP contribution < -0.4 is 5.32 Å². The molecule has 1 aliphatic heterocycles. The molecular formula is C26H31ClFN3O2. The van der Waals surface area contributed by atoms with E-state index in [0.717, 1.165) is 37.1 Å². The number of hydrogen-bond acceptors (Lipinski definition) is 3. The van der Waals surface area contributed by atoms with Crippen LogP contribution in [0, 0.1) is 11.7 Å². The zero-order valence-electron chi connectivity index (χ0n) is 19.1. The van der Waals surface area contributed by atoms with Gasteiger partial charge in [-0.15, -0.1) is 0 Å². The van der Waals surface area contributed by atoms with Gasteiger partial charge in [-0.25, -0.2) is 4.39 Å². The second-order valence-corrected chi connectivity index (χ2v) is 9.83. The third-order valence-electron chi connectivity index (χ3n) is 6.65. The summed E-state index contributed by atoms with van der Waals surface area (Å²) in [6.07, 6.45) is 2.05. The number of amides is 2. The summed E-state index contributed by atoms with van der Waals surface area (Å²) < 4.78 is 13.2. The van der Waals surface area contributed by atoms with Crippen LogP contribution in [0.3, 0.4) is 0 Å². The Labute approximate surface area is 199 Å². The molecule has 0 aromatic heterocycles. The van der Waals surface area contributed by atoms with Crippen LogP contribution in [-0.2, 0) is 16.1 Å². The molecule has 2 aliphatic rings. The first-order chi connectivity index (χ1) is 15.8. The predicted octanol–water partition coefficient (Wildman–Crippen LogP) is 4.56. The molecule has 1 unspecified atom stereocenters. The molecule has 33 heavy (non-hydrogen) atoms. The monoisotopic (exact) mass is 471 g/mol. The molecule has 1 N–H and O–H groups in total. The molecule has 176 valence electrons. The van der Waals surface area contributed by atoms with E-state index in [9.17, 15) is 14.0 Å². The van der Waals surface area contributed by atoms with Crippen molar-refractivity contribution in [3.05, 3.63) is 70.5 Å². The third-order valence-corrected chi connectivity index (χ3v) is 6.90. The molecule has 1 aliphatic carbocycles. The standard InChI is InChI=1S/C26H31ClFN3O2/c1-17-15-31(18(2)14-30(17)16-19-3-11-23(28)12-4-19)25(32)13-24(29-26(33)21-5-6-21)20-7-9-22(27)10-8-20/h3-4,7-12,17-18,21,24H,5-6,13-16H2,1-2H3,(H,29,33)/t17-,18+,24?/m0/s1. The van der Waals surface area contributed by atoms with Gasteiger partial charge >= 0.3 is 0 Å². The average Bonchev–Trinajstić information content (AvgIpc) is 3.63. The quantitative estimate of drug-likeness (QED) is 0.644. The molecule has 2 fully saturated rings. The van der Waals surface area contributed by atoms with E-state index in [1.54, 1.807) is 12.1 Å². The lowest BCUT2D eigenvalue weighted by Gasteiger charge is -2.44. The highest BCUT2D eigenvalue weighted by Crippen LogP contribution is 2.31. The minimum Gasteiger partial charge on any atom is -0.349 e. The van der Waals surface area contributed by atoms with Crippen LogP contribution in [0.15, 0.2) is 48.5 Å². The van der Waals surface area contributed by atoms with E-state index in [2.05, 4.69) is 24.1 Å². The van der Waals surface area contributed by atoms with E-state index in [4.69, 9.17) is 11.6 Å². The molecule has 2 aromatic carbocycles. The molecule has 5 nitrogen and oxygen atoms in total. The van der Waals surface area contributed by atoms with E-state index in [-0.39, 0.29) is 48.1 Å². The van der Waals surface area contributed by atoms with Crippen molar-refractivity contribution in [3.63, 3.8) is 0 Å². The summed E-state index contributed by atoms with van der Waals surface area (Å²) >= 11 is 6.04. The fourth-order valence-electron chi connectivity index (χ4n) is 4.46. The van der Waals surface area contributed by atoms with Crippen molar-refractivity contribution in [1.82, 2.24) is 15.1 Å². The van der Waals surface area contributed by atoms with E-state index >= 15 is 0 Å². The Kier molecular flexibility index (Phi) is 7.35. The minimum absolute atomic E-state index is 0.0216. The highest BCUT2D eigenvalue weighted by molar-refractivity contribution is 6.30. The second-order valence-electron chi connectivity index (χ2n) is 9.39. The molecular weight excluding hydrogens is 441 g/mol. The average molecular weight is 472 g/mol. The van der Waals surface area contributed by atoms with E-state index in [1.165, 1.54) is 12.1 Å². The molecule has 1 saturated heterocycles. The zero-order chi connectivity index (χ0) is 23.5. The minimum atomic E-state index is -0.373. The number of piperazine rings is 1. The summed E-state index contributed by atoms with van der Waals surface area (Å²) in [6.45, 7) is 6.25. The van der Waals surface area contributed by atoms with Crippen LogP contribution in [0.5, 0.6) is 0 Å². The normalized spacial score (nSPS) is 22.1. The van der Waals surface area contributed by atoms with Crippen molar-refractivity contribution < 1.29 is 14.0 Å². The van der Waals surface area contributed by atoms with Crippen molar-refractivity contribution in [2.75, 3.05) is 13.1 Å². The Hall–Kier alpha value is -2.44. The maximum atomic E-state index is 13.4. The SMILES string of the molecule is C[C@@H]1CN(Cc2ccc(F)cc2)[C@@H](C)CN1C(=O)CC(NC(=O)C1CC1)c1ccc(Cl)cc1. The van der Waals surface area contributed by atoms with E-state index in [1.807, 2.05) is 29.2 Å². The largest absolute Gasteiger partial charge is 0.349 e. The van der Waals surface area contributed by atoms with Gasteiger partial charge in [-0.05, 0) is 62.1 Å². The number of benzene rings is 2. The van der Waals surface area contributed by atoms with Gasteiger partial charge in [0.15, 0.2) is 0 Å². The fraction of sp³-hybridized carbons (Fsp3) is 0.462. The number of carbonyl (C=O) groups excluding carboxylic acids is 2. The maximum absolute atomic E-state index is 13.4. The van der Waals surface area contributed by atoms with Gasteiger partial charge in [-0.2, -0.15) is 0 Å². The summed E-state index contributed by atoms with van der Waals surface area (Å²) in [5.74, 6) is -0.108. The van der Waals surface area contributed by atoms with E-state index < -0.39 is 0 Å². The second kappa shape index (κ2) is 10.2. The van der Waals surface area contributed by atoms with Crippen LogP contribution >= 0.6 is 11.6 Å². The van der Waals surface area contributed by atoms with Gasteiger partial charge in [-0.1, -0.05) is 35.9 Å². The van der Waals surface area contributed by atoms with Crippen molar-refractivity contribution in [1.29, 1.82) is 0 Å². The lowest BCUT2D eigenvalue weighted by Crippen LogP contribution is -2.58. The molecule has 1 saturated carbocycles. The number of nitrogens with zero attached hydrogens (tertiary/aromatic N) is 2. The van der Waals surface area contributed by atoms with Gasteiger partial charge in [-0.3, -0.25) is 14.5 Å². The van der Waals surface area contributed by atoms with Crippen molar-refractivity contribution in [2.24, 2.45) is 5.92 Å². The number of nitrogens with one attached hydrogen (secondary N) is 1. The first-order valence-electron chi connectivity index (χ1n) is 11.6. The van der Waals surface area contributed by atoms with Crippen LogP contribution in [0.1, 0.15) is 50.3 Å². The number of rotatable bonds is 7. The summed E-state index contributed by atoms with van der Waals surface area (Å²) in [5.41, 5.74) is 1.94. The van der Waals surface area contributed by atoms with Crippen molar-refractivity contribution in [2.45, 2.75) is 57.8 Å². The molecule has 4 rings (SSSR count). The number of hydrogen-bond donors (Lipinski definition) is 1. The predicted molar refractivity (Wildman–Crippen MR) is 127 cm³/mol. The van der Waals surface area contributed by atoms with Gasteiger partial charge in [0.1, 0.15) is 5.82 Å². The first kappa shape index (κ1) is 23.7. The number of halogens is 2. The highest BCUT2D eigenvalue weighted by atomic mass is 35.5. The Balaban J connectivity index is 1.41. The highest BCUT2D eigenvalue weighted by Gasteiger charge is 2.35. The van der Waals surface area contributed by atoms with Crippen LogP contribution in [0.4, 0.5) is 4.39 Å². The van der Waals surface area contributed by atoms with Gasteiger partial charge in [0, 0.05) is 42.7 Å². The molecule has 1 heterocycles. The Morgan fingerprint density at radius 2 is 1.70 bits per heavy atom. The van der Waals surface area contributed by atoms with Gasteiger partial charge in [0.05, 0.1) is 12.5 Å². The smallest absolute Gasteiger partial charge is 0.225 e. The molecule has 0 spiro atoms. The summed E-state index contributed by atoms with van der Waals surface area (Å²) in [5, 5.41) is 3.71. The van der Waals surface area contributed by atoms with Gasteiger partial charge in [0.2, 0.25) is 11.8 Å². The number of carbonyl (C=O) groups is 2. The lowest BCUT2D eigenvalue weighted by atomic mass is 10.0. The summed E-state index contributed by atoms with van der Waals surface area (Å²) in [4.78, 5) is 30.1. The van der Waals surface area contributed by atoms with Crippen LogP contribution in [0.25, 0.3) is 0 Å². The van der Waals surface area contributed by atoms with Crippen molar-refractivity contribution >= 4 is 23.4 Å². The zero-order valence-corrected chi connectivity index (χ0v) is 19.9. The Bertz CT molecular complexity index is 978. The first-order valence-corrected chi connectivity index (χ1v) is 12.0. The van der Waals surface area contributed by atoms with E-state index in [0.29, 0.717) is 11.6 Å². The maximum Gasteiger partial charge on any atom is 0.225 e. The van der Waals surface area contributed by atoms with Gasteiger partial charge < -0.3 is 10.2 Å². The van der Waals surface area contributed by atoms with Crippen LogP contribution in [0.2, 0.25) is 5.02 Å². The summed E-state index contributed by atoms with van der Waals surface area (Å²) in [7, 11) is 0.